The third kappa shape index (κ3) is 7.86. The Balaban J connectivity index is 0.789. The maximum atomic E-state index is 9.84. The molecule has 2 heteroatoms. The van der Waals surface area contributed by atoms with E-state index in [1.807, 2.05) is 77.7 Å². The summed E-state index contributed by atoms with van der Waals surface area (Å²) in [6, 6.07) is 110. The quantitative estimate of drug-likeness (QED) is 0.120. The second-order valence-corrected chi connectivity index (χ2v) is 21.2. The van der Waals surface area contributed by atoms with E-state index >= 15 is 0 Å². The van der Waals surface area contributed by atoms with Gasteiger partial charge in [-0.15, -0.1) is 0 Å². The average Bonchev–Trinajstić information content (AvgIpc) is 1.58. The van der Waals surface area contributed by atoms with Crippen LogP contribution < -0.4 is 9.80 Å². The minimum Gasteiger partial charge on any atom is -0.310 e. The van der Waals surface area contributed by atoms with Gasteiger partial charge in [-0.05, 0) is 162 Å². The molecule has 2 aliphatic rings. The first-order valence-corrected chi connectivity index (χ1v) is 28.1. The molecule has 0 aromatic heterocycles. The lowest BCUT2D eigenvalue weighted by Gasteiger charge is -2.35. The van der Waals surface area contributed by atoms with E-state index in [0.717, 1.165) is 67.4 Å². The molecule has 13 aromatic rings. The predicted octanol–water partition coefficient (Wildman–Crippen LogP) is 20.7. The monoisotopic (exact) mass is 1050 g/mol. The van der Waals surface area contributed by atoms with Crippen molar-refractivity contribution in [3.05, 3.63) is 384 Å². The molecule has 0 aliphatic heterocycles. The Morgan fingerprint density at radius 1 is 0.207 bits per heavy atom. The normalized spacial score (nSPS) is 13.8. The van der Waals surface area contributed by atoms with Crippen LogP contribution in [0.25, 0.3) is 44.5 Å². The Bertz CT molecular complexity index is 4550. The van der Waals surface area contributed by atoms with Crippen LogP contribution in [-0.2, 0) is 10.8 Å². The molecule has 82 heavy (non-hydrogen) atoms. The van der Waals surface area contributed by atoms with Crippen molar-refractivity contribution in [2.75, 3.05) is 9.80 Å². The molecular formula is C80H56N2. The topological polar surface area (TPSA) is 6.48 Å². The molecule has 0 unspecified atom stereocenters. The van der Waals surface area contributed by atoms with Gasteiger partial charge < -0.3 is 9.80 Å². The Hall–Kier alpha value is -10.5. The molecule has 0 fully saturated rings. The number of rotatable bonds is 12. The van der Waals surface area contributed by atoms with Crippen molar-refractivity contribution < 1.29 is 5.48 Å². The number of anilines is 6. The van der Waals surface area contributed by atoms with Crippen molar-refractivity contribution in [3.8, 4) is 44.5 Å². The maximum Gasteiger partial charge on any atom is 0.0714 e. The molecule has 13 aromatic carbocycles. The molecule has 0 saturated heterocycles. The number of fused-ring (bicyclic) bond motifs is 6. The summed E-state index contributed by atoms with van der Waals surface area (Å²) >= 11 is 0. The van der Waals surface area contributed by atoms with Gasteiger partial charge in [0.2, 0.25) is 0 Å². The highest BCUT2D eigenvalue weighted by molar-refractivity contribution is 5.92. The van der Waals surface area contributed by atoms with Gasteiger partial charge in [0.15, 0.2) is 0 Å². The molecule has 0 N–H and O–H groups in total. The lowest BCUT2D eigenvalue weighted by Crippen LogP contribution is -2.28. The first kappa shape index (κ1) is 44.3. The van der Waals surface area contributed by atoms with Crippen molar-refractivity contribution in [2.24, 2.45) is 0 Å². The molecule has 2 aliphatic carbocycles. The zero-order valence-corrected chi connectivity index (χ0v) is 44.9. The van der Waals surface area contributed by atoms with Gasteiger partial charge in [0, 0.05) is 34.1 Å². The molecule has 0 bridgehead atoms. The van der Waals surface area contributed by atoms with E-state index in [-0.39, 0.29) is 35.4 Å². The third-order valence-electron chi connectivity index (χ3n) is 16.9. The lowest BCUT2D eigenvalue weighted by atomic mass is 9.67. The summed E-state index contributed by atoms with van der Waals surface area (Å²) in [5.74, 6) is 0. The summed E-state index contributed by atoms with van der Waals surface area (Å²) in [7, 11) is 0. The molecule has 0 amide bonds. The fourth-order valence-corrected chi connectivity index (χ4v) is 13.3. The van der Waals surface area contributed by atoms with Gasteiger partial charge in [-0.3, -0.25) is 0 Å². The maximum absolute atomic E-state index is 9.84. The Kier molecular flexibility index (Phi) is 11.0. The van der Waals surface area contributed by atoms with Crippen LogP contribution in [-0.4, -0.2) is 0 Å². The molecule has 0 heterocycles. The summed E-state index contributed by atoms with van der Waals surface area (Å²) in [4.78, 5) is 4.22. The van der Waals surface area contributed by atoms with Gasteiger partial charge in [0.05, 0.1) is 16.3 Å². The summed E-state index contributed by atoms with van der Waals surface area (Å²) in [6.45, 7) is 0. The van der Waals surface area contributed by atoms with Gasteiger partial charge in [0.1, 0.15) is 0 Å². The Morgan fingerprint density at radius 2 is 0.488 bits per heavy atom. The van der Waals surface area contributed by atoms with E-state index in [0.29, 0.717) is 5.56 Å². The Labute approximate surface area is 486 Å². The van der Waals surface area contributed by atoms with Crippen LogP contribution in [0.3, 0.4) is 0 Å². The highest BCUT2D eigenvalue weighted by Gasteiger charge is 2.48. The largest absolute Gasteiger partial charge is 0.310 e. The number of hydrogen-bond acceptors (Lipinski definition) is 2. The molecule has 0 atom stereocenters. The summed E-state index contributed by atoms with van der Waals surface area (Å²) in [5, 5.41) is 0. The number of benzene rings is 13. The van der Waals surface area contributed by atoms with E-state index in [2.05, 4.69) is 248 Å². The zero-order chi connectivity index (χ0) is 57.9. The summed E-state index contributed by atoms with van der Waals surface area (Å²) < 4.78 is 39.1. The highest BCUT2D eigenvalue weighted by atomic mass is 15.1. The van der Waals surface area contributed by atoms with Gasteiger partial charge in [-0.1, -0.05) is 267 Å². The second kappa shape index (κ2) is 20.3. The first-order valence-electron chi connectivity index (χ1n) is 30.1. The SMILES string of the molecule is [2H]c1c([2H])c(N(c2ccccc2)c2ccc3c(c2)C(c2ccccc2)(c2ccccc2)c2ccccc2-3)c([2H])c([2H])c1-c1ccc(-c2ccc(N(c3ccccc3)c3ccc4c(c3)C(c3ccccc3)(c3ccccc3)c3ccccc3-4)cc2)cc1. The van der Waals surface area contributed by atoms with Crippen molar-refractivity contribution in [2.45, 2.75) is 10.8 Å². The zero-order valence-electron chi connectivity index (χ0n) is 48.9. The standard InChI is InChI=1S/C80H56N2/c1-7-23-61(24-8-1)79(62-25-9-2-10-26-62)75-37-21-19-35-71(75)73-53-51-69(55-77(73)79)81(65-31-15-5-16-32-65)67-47-43-59(44-48-67)57-39-41-58(42-40-57)60-45-49-68(50-46-60)82(66-33-17-6-18-34-66)70-52-54-74-72-36-20-22-38-76(72)80(78(74)56-70,63-27-11-3-12-28-63)64-29-13-4-14-30-64/h1-56H/i43D,44D,47D,48D. The van der Waals surface area contributed by atoms with Crippen LogP contribution in [0.1, 0.15) is 50.0 Å². The van der Waals surface area contributed by atoms with E-state index in [9.17, 15) is 5.48 Å². The number of hydrogen-bond donors (Lipinski definition) is 0. The molecule has 0 saturated carbocycles. The van der Waals surface area contributed by atoms with Crippen LogP contribution in [0, 0.1) is 0 Å². The average molecular weight is 1050 g/mol. The van der Waals surface area contributed by atoms with E-state index < -0.39 is 10.8 Å². The lowest BCUT2D eigenvalue weighted by molar-refractivity contribution is 0.768. The molecule has 2 nitrogen and oxygen atoms in total. The predicted molar refractivity (Wildman–Crippen MR) is 341 cm³/mol. The summed E-state index contributed by atoms with van der Waals surface area (Å²) in [5.41, 5.74) is 20.4. The van der Waals surface area contributed by atoms with Gasteiger partial charge in [-0.25, -0.2) is 0 Å². The van der Waals surface area contributed by atoms with E-state index in [1.165, 1.54) is 38.9 Å². The summed E-state index contributed by atoms with van der Waals surface area (Å²) in [6.07, 6.45) is 0. The minimum absolute atomic E-state index is 0.114. The van der Waals surface area contributed by atoms with Crippen LogP contribution in [0.4, 0.5) is 34.1 Å². The second-order valence-electron chi connectivity index (χ2n) is 21.2. The molecule has 15 rings (SSSR count). The van der Waals surface area contributed by atoms with Crippen LogP contribution in [0.5, 0.6) is 0 Å². The first-order chi connectivity index (χ1) is 42.3. The Morgan fingerprint density at radius 3 is 0.878 bits per heavy atom. The molecule has 0 spiro atoms. The number of nitrogens with zero attached hydrogens (tertiary/aromatic N) is 2. The van der Waals surface area contributed by atoms with Gasteiger partial charge in [-0.2, -0.15) is 0 Å². The van der Waals surface area contributed by atoms with Gasteiger partial charge >= 0.3 is 0 Å². The van der Waals surface area contributed by atoms with Crippen molar-refractivity contribution >= 4 is 34.1 Å². The molecular weight excluding hydrogens is 989 g/mol. The van der Waals surface area contributed by atoms with E-state index in [4.69, 9.17) is 0 Å². The molecule has 0 radical (unpaired) electrons. The van der Waals surface area contributed by atoms with Crippen LogP contribution in [0.15, 0.2) is 340 Å². The van der Waals surface area contributed by atoms with Crippen molar-refractivity contribution in [1.29, 1.82) is 0 Å². The fourth-order valence-electron chi connectivity index (χ4n) is 13.3. The number of para-hydroxylation sites is 2. The van der Waals surface area contributed by atoms with Gasteiger partial charge in [0.25, 0.3) is 0 Å². The minimum atomic E-state index is -0.681. The fraction of sp³-hybridized carbons (Fsp3) is 0.0250. The van der Waals surface area contributed by atoms with E-state index in [1.54, 1.807) is 0 Å². The van der Waals surface area contributed by atoms with Crippen LogP contribution in [0.2, 0.25) is 0 Å². The highest BCUT2D eigenvalue weighted by Crippen LogP contribution is 2.59. The van der Waals surface area contributed by atoms with Crippen molar-refractivity contribution in [3.63, 3.8) is 0 Å². The molecule has 386 valence electrons. The smallest absolute Gasteiger partial charge is 0.0714 e. The van der Waals surface area contributed by atoms with Crippen LogP contribution >= 0.6 is 0 Å². The van der Waals surface area contributed by atoms with Crippen molar-refractivity contribution in [1.82, 2.24) is 0 Å². The third-order valence-corrected chi connectivity index (χ3v) is 16.9.